The number of thiophene rings is 1. The average molecular weight is 534 g/mol. The van der Waals surface area contributed by atoms with Crippen molar-refractivity contribution >= 4 is 40.5 Å². The second kappa shape index (κ2) is 12.1. The van der Waals surface area contributed by atoms with E-state index in [4.69, 9.17) is 4.42 Å². The molecule has 0 saturated carbocycles. The number of carbonyl (C=O) groups excluding carboxylic acids is 4. The van der Waals surface area contributed by atoms with Crippen molar-refractivity contribution in [1.82, 2.24) is 10.6 Å². The number of carbonyl (C=O) groups is 4. The summed E-state index contributed by atoms with van der Waals surface area (Å²) < 4.78 is 20.3. The molecule has 0 fully saturated rings. The van der Waals surface area contributed by atoms with Gasteiger partial charge < -0.3 is 15.1 Å². The Bertz CT molecular complexity index is 1420. The van der Waals surface area contributed by atoms with Crippen molar-refractivity contribution in [3.63, 3.8) is 0 Å². The second-order valence-corrected chi connectivity index (χ2v) is 9.20. The average Bonchev–Trinajstić information content (AvgIpc) is 3.64. The molecular formula is C28H24FN3O5S. The summed E-state index contributed by atoms with van der Waals surface area (Å²) in [5.41, 5.74) is 0.599. The highest BCUT2D eigenvalue weighted by Crippen LogP contribution is 2.30. The van der Waals surface area contributed by atoms with E-state index in [0.29, 0.717) is 16.2 Å². The van der Waals surface area contributed by atoms with Gasteiger partial charge in [-0.1, -0.05) is 24.3 Å². The highest BCUT2D eigenvalue weighted by molar-refractivity contribution is 7.12. The molecule has 0 saturated heterocycles. The minimum atomic E-state index is -1.43. The zero-order chi connectivity index (χ0) is 27.1. The monoisotopic (exact) mass is 533 g/mol. The Kier molecular flexibility index (Phi) is 8.44. The Morgan fingerprint density at radius 1 is 0.947 bits per heavy atom. The molecule has 8 nitrogen and oxygen atoms in total. The number of halogens is 1. The van der Waals surface area contributed by atoms with Crippen LogP contribution in [0.4, 0.5) is 10.1 Å². The van der Waals surface area contributed by atoms with Crippen molar-refractivity contribution in [3.05, 3.63) is 112 Å². The minimum Gasteiger partial charge on any atom is -0.467 e. The quantitative estimate of drug-likeness (QED) is 0.292. The van der Waals surface area contributed by atoms with Crippen LogP contribution in [0.25, 0.3) is 0 Å². The van der Waals surface area contributed by atoms with Crippen molar-refractivity contribution in [1.29, 1.82) is 0 Å². The summed E-state index contributed by atoms with van der Waals surface area (Å²) in [5, 5.41) is 7.00. The van der Waals surface area contributed by atoms with E-state index in [1.54, 1.807) is 35.7 Å². The summed E-state index contributed by atoms with van der Waals surface area (Å²) in [5.74, 6) is -2.18. The van der Waals surface area contributed by atoms with Gasteiger partial charge in [0.2, 0.25) is 11.8 Å². The van der Waals surface area contributed by atoms with Crippen LogP contribution in [0.5, 0.6) is 0 Å². The highest BCUT2D eigenvalue weighted by Gasteiger charge is 2.34. The van der Waals surface area contributed by atoms with E-state index in [1.807, 2.05) is 0 Å². The lowest BCUT2D eigenvalue weighted by Gasteiger charge is -2.32. The van der Waals surface area contributed by atoms with Crippen molar-refractivity contribution in [3.8, 4) is 0 Å². The maximum absolute atomic E-state index is 15.1. The van der Waals surface area contributed by atoms with Gasteiger partial charge in [0.25, 0.3) is 5.91 Å². The summed E-state index contributed by atoms with van der Waals surface area (Å²) in [6, 6.07) is 16.9. The summed E-state index contributed by atoms with van der Waals surface area (Å²) in [7, 11) is 0. The molecule has 0 aliphatic carbocycles. The summed E-state index contributed by atoms with van der Waals surface area (Å²) in [6.07, 6.45) is 1.46. The molecule has 194 valence electrons. The van der Waals surface area contributed by atoms with E-state index in [1.165, 1.54) is 67.0 Å². The number of Topliss-reactive ketones (excluding diaryl/α,β-unsaturated/α-hetero) is 1. The van der Waals surface area contributed by atoms with Crippen LogP contribution in [0, 0.1) is 5.82 Å². The van der Waals surface area contributed by atoms with Gasteiger partial charge >= 0.3 is 0 Å². The van der Waals surface area contributed by atoms with Crippen LogP contribution in [-0.4, -0.2) is 30.0 Å². The van der Waals surface area contributed by atoms with E-state index in [9.17, 15) is 19.2 Å². The first-order valence-electron chi connectivity index (χ1n) is 11.6. The maximum Gasteiger partial charge on any atom is 0.261 e. The van der Waals surface area contributed by atoms with Crippen LogP contribution in [0.15, 0.2) is 88.9 Å². The summed E-state index contributed by atoms with van der Waals surface area (Å²) >= 11 is 1.22. The third-order valence-corrected chi connectivity index (χ3v) is 6.56. The van der Waals surface area contributed by atoms with Gasteiger partial charge in [-0.15, -0.1) is 11.3 Å². The molecule has 2 N–H and O–H groups in total. The van der Waals surface area contributed by atoms with Gasteiger partial charge in [0.05, 0.1) is 24.2 Å². The second-order valence-electron chi connectivity index (χ2n) is 8.25. The van der Waals surface area contributed by atoms with E-state index >= 15 is 4.39 Å². The number of rotatable bonds is 10. The van der Waals surface area contributed by atoms with Crippen LogP contribution in [-0.2, 0) is 16.1 Å². The number of nitrogens with one attached hydrogen (secondary N) is 2. The zero-order valence-corrected chi connectivity index (χ0v) is 21.2. The van der Waals surface area contributed by atoms with Gasteiger partial charge in [-0.3, -0.25) is 24.1 Å². The third-order valence-electron chi connectivity index (χ3n) is 5.69. The maximum atomic E-state index is 15.1. The topological polar surface area (TPSA) is 109 Å². The molecular weight excluding hydrogens is 509 g/mol. The third kappa shape index (κ3) is 6.22. The van der Waals surface area contributed by atoms with Gasteiger partial charge in [-0.25, -0.2) is 4.39 Å². The molecule has 10 heteroatoms. The van der Waals surface area contributed by atoms with Gasteiger partial charge in [0.1, 0.15) is 17.6 Å². The minimum absolute atomic E-state index is 0.0111. The molecule has 0 bridgehead atoms. The van der Waals surface area contributed by atoms with E-state index in [0.717, 1.165) is 4.90 Å². The molecule has 0 aliphatic rings. The number of benzene rings is 2. The van der Waals surface area contributed by atoms with E-state index < -0.39 is 36.1 Å². The lowest BCUT2D eigenvalue weighted by Crippen LogP contribution is -2.47. The van der Waals surface area contributed by atoms with Crippen molar-refractivity contribution < 1.29 is 28.0 Å². The number of anilines is 1. The molecule has 0 aliphatic heterocycles. The Hall–Kier alpha value is -4.57. The van der Waals surface area contributed by atoms with Gasteiger partial charge in [0, 0.05) is 16.8 Å². The first kappa shape index (κ1) is 26.5. The highest BCUT2D eigenvalue weighted by atomic mass is 32.1. The van der Waals surface area contributed by atoms with E-state index in [2.05, 4.69) is 10.6 Å². The molecule has 3 amide bonds. The SMILES string of the molecule is CC(=O)c1ccc(N(C(=O)CNC(=O)c2cccs2)[C@H](C(=O)NCc2ccco2)c2ccccc2F)cc1. The number of hydrogen-bond acceptors (Lipinski definition) is 6. The molecule has 0 spiro atoms. The fourth-order valence-corrected chi connectivity index (χ4v) is 4.45. The molecule has 2 aromatic heterocycles. The summed E-state index contributed by atoms with van der Waals surface area (Å²) in [6.45, 7) is 0.959. The molecule has 38 heavy (non-hydrogen) atoms. The molecule has 0 radical (unpaired) electrons. The van der Waals surface area contributed by atoms with Crippen LogP contribution in [0.2, 0.25) is 0 Å². The van der Waals surface area contributed by atoms with Crippen LogP contribution < -0.4 is 15.5 Å². The normalized spacial score (nSPS) is 11.4. The molecule has 1 atom stereocenters. The Morgan fingerprint density at radius 3 is 2.34 bits per heavy atom. The lowest BCUT2D eigenvalue weighted by molar-refractivity contribution is -0.126. The molecule has 4 aromatic rings. The summed E-state index contributed by atoms with van der Waals surface area (Å²) in [4.78, 5) is 53.0. The number of furan rings is 1. The molecule has 2 aromatic carbocycles. The number of amides is 3. The van der Waals surface area contributed by atoms with Gasteiger partial charge in [-0.05, 0) is 60.8 Å². The molecule has 4 rings (SSSR count). The van der Waals surface area contributed by atoms with Gasteiger partial charge in [-0.2, -0.15) is 0 Å². The largest absolute Gasteiger partial charge is 0.467 e. The lowest BCUT2D eigenvalue weighted by atomic mass is 10.0. The van der Waals surface area contributed by atoms with Gasteiger partial charge in [0.15, 0.2) is 5.78 Å². The smallest absolute Gasteiger partial charge is 0.261 e. The Labute approximate surface area is 222 Å². The molecule has 0 unspecified atom stereocenters. The van der Waals surface area contributed by atoms with E-state index in [-0.39, 0.29) is 23.6 Å². The fraction of sp³-hybridized carbons (Fsp3) is 0.143. The Balaban J connectivity index is 1.71. The predicted molar refractivity (Wildman–Crippen MR) is 140 cm³/mol. The number of ketones is 1. The first-order valence-corrected chi connectivity index (χ1v) is 12.5. The zero-order valence-electron chi connectivity index (χ0n) is 20.3. The van der Waals surface area contributed by atoms with Crippen LogP contribution >= 0.6 is 11.3 Å². The standard InChI is InChI=1S/C28H24FN3O5S/c1-18(33)19-10-12-20(13-11-19)32(25(34)17-31-27(35)24-9-5-15-38-24)26(22-7-2-3-8-23(22)29)28(36)30-16-21-6-4-14-37-21/h2-15,26H,16-17H2,1H3,(H,30,36)(H,31,35)/t26-/m0/s1. The van der Waals surface area contributed by atoms with Crippen molar-refractivity contribution in [2.75, 3.05) is 11.4 Å². The van der Waals surface area contributed by atoms with Crippen molar-refractivity contribution in [2.24, 2.45) is 0 Å². The fourth-order valence-electron chi connectivity index (χ4n) is 3.81. The van der Waals surface area contributed by atoms with Crippen LogP contribution in [0.1, 0.15) is 44.3 Å². The predicted octanol–water partition coefficient (Wildman–Crippen LogP) is 4.50. The Morgan fingerprint density at radius 2 is 1.71 bits per heavy atom. The molecule has 2 heterocycles. The number of hydrogen-bond donors (Lipinski definition) is 2. The number of nitrogens with zero attached hydrogens (tertiary/aromatic N) is 1. The first-order chi connectivity index (χ1) is 18.3. The van der Waals surface area contributed by atoms with Crippen molar-refractivity contribution in [2.45, 2.75) is 19.5 Å². The van der Waals surface area contributed by atoms with Crippen LogP contribution in [0.3, 0.4) is 0 Å².